The van der Waals surface area contributed by atoms with Crippen molar-refractivity contribution in [2.75, 3.05) is 12.3 Å². The van der Waals surface area contributed by atoms with Crippen molar-refractivity contribution in [3.8, 4) is 0 Å². The molecule has 8 nitrogen and oxygen atoms in total. The van der Waals surface area contributed by atoms with Crippen LogP contribution in [0.25, 0.3) is 0 Å². The maximum absolute atomic E-state index is 12.2. The third kappa shape index (κ3) is 8.31. The Labute approximate surface area is 164 Å². The standard InChI is InChI=1S/C18H28N4O4S/c1-11(2)15(17(24)25)22-18(26)21-14(10-27)16(23)20-9-13(19)8-12-6-4-3-5-7-12/h3-7,11,13-15,27H,8-10,19H2,1-2H3,(H,20,23)(H,24,25)(H2,21,22,26)/t13-,14+,15+/m1/s1. The molecule has 0 spiro atoms. The van der Waals surface area contributed by atoms with Crippen molar-refractivity contribution < 1.29 is 19.5 Å². The first kappa shape index (κ1) is 22.8. The molecule has 9 heteroatoms. The van der Waals surface area contributed by atoms with Crippen molar-refractivity contribution in [1.82, 2.24) is 16.0 Å². The Morgan fingerprint density at radius 3 is 2.30 bits per heavy atom. The zero-order valence-corrected chi connectivity index (χ0v) is 16.4. The molecule has 0 aliphatic carbocycles. The third-order valence-corrected chi connectivity index (χ3v) is 4.27. The summed E-state index contributed by atoms with van der Waals surface area (Å²) in [6.07, 6.45) is 0.606. The molecule has 0 bridgehead atoms. The number of nitrogens with two attached hydrogens (primary N) is 1. The van der Waals surface area contributed by atoms with Gasteiger partial charge in [0.1, 0.15) is 12.1 Å². The van der Waals surface area contributed by atoms with Crippen molar-refractivity contribution >= 4 is 30.5 Å². The van der Waals surface area contributed by atoms with E-state index in [-0.39, 0.29) is 24.3 Å². The Morgan fingerprint density at radius 2 is 1.78 bits per heavy atom. The second-order valence-corrected chi connectivity index (χ2v) is 6.97. The Balaban J connectivity index is 2.48. The molecule has 0 saturated heterocycles. The first-order chi connectivity index (χ1) is 12.7. The first-order valence-electron chi connectivity index (χ1n) is 8.72. The normalized spacial score (nSPS) is 14.1. The molecule has 6 N–H and O–H groups in total. The van der Waals surface area contributed by atoms with E-state index in [1.54, 1.807) is 13.8 Å². The molecule has 150 valence electrons. The van der Waals surface area contributed by atoms with E-state index in [0.717, 1.165) is 5.56 Å². The highest BCUT2D eigenvalue weighted by atomic mass is 32.1. The number of rotatable bonds is 10. The molecule has 0 unspecified atom stereocenters. The summed E-state index contributed by atoms with van der Waals surface area (Å²) in [4.78, 5) is 35.4. The zero-order chi connectivity index (χ0) is 20.4. The quantitative estimate of drug-likeness (QED) is 0.318. The van der Waals surface area contributed by atoms with Crippen LogP contribution in [0.15, 0.2) is 30.3 Å². The summed E-state index contributed by atoms with van der Waals surface area (Å²) in [5.74, 6) is -1.81. The van der Waals surface area contributed by atoms with Crippen LogP contribution >= 0.6 is 12.6 Å². The Bertz CT molecular complexity index is 627. The number of urea groups is 1. The van der Waals surface area contributed by atoms with Crippen LogP contribution in [0.2, 0.25) is 0 Å². The van der Waals surface area contributed by atoms with Gasteiger partial charge in [-0.2, -0.15) is 12.6 Å². The molecule has 0 aromatic heterocycles. The van der Waals surface area contributed by atoms with Gasteiger partial charge in [-0.05, 0) is 17.9 Å². The van der Waals surface area contributed by atoms with Crippen LogP contribution in [0.1, 0.15) is 19.4 Å². The fourth-order valence-corrected chi connectivity index (χ4v) is 2.65. The van der Waals surface area contributed by atoms with E-state index in [1.165, 1.54) is 0 Å². The van der Waals surface area contributed by atoms with Crippen LogP contribution in [-0.2, 0) is 16.0 Å². The second kappa shape index (κ2) is 11.5. The number of carboxylic acids is 1. The van der Waals surface area contributed by atoms with Crippen molar-refractivity contribution in [2.45, 2.75) is 38.4 Å². The molecule has 0 fully saturated rings. The number of nitrogens with one attached hydrogen (secondary N) is 3. The van der Waals surface area contributed by atoms with Gasteiger partial charge in [-0.25, -0.2) is 9.59 Å². The van der Waals surface area contributed by atoms with Crippen LogP contribution < -0.4 is 21.7 Å². The largest absolute Gasteiger partial charge is 0.480 e. The van der Waals surface area contributed by atoms with Crippen molar-refractivity contribution in [3.05, 3.63) is 35.9 Å². The average Bonchev–Trinajstić information content (AvgIpc) is 2.62. The predicted molar refractivity (Wildman–Crippen MR) is 107 cm³/mol. The minimum absolute atomic E-state index is 0.0621. The average molecular weight is 397 g/mol. The summed E-state index contributed by atoms with van der Waals surface area (Å²) in [7, 11) is 0. The summed E-state index contributed by atoms with van der Waals surface area (Å²) in [5, 5.41) is 16.6. The zero-order valence-electron chi connectivity index (χ0n) is 15.5. The van der Waals surface area contributed by atoms with E-state index in [9.17, 15) is 14.4 Å². The van der Waals surface area contributed by atoms with Crippen molar-refractivity contribution in [1.29, 1.82) is 0 Å². The van der Waals surface area contributed by atoms with Crippen molar-refractivity contribution in [3.63, 3.8) is 0 Å². The van der Waals surface area contributed by atoms with Gasteiger partial charge in [-0.15, -0.1) is 0 Å². The van der Waals surface area contributed by atoms with Gasteiger partial charge < -0.3 is 26.8 Å². The molecule has 3 amide bonds. The minimum Gasteiger partial charge on any atom is -0.480 e. The van der Waals surface area contributed by atoms with Crippen LogP contribution in [0.4, 0.5) is 4.79 Å². The number of carbonyl (C=O) groups is 3. The van der Waals surface area contributed by atoms with Gasteiger partial charge in [-0.1, -0.05) is 44.2 Å². The first-order valence-corrected chi connectivity index (χ1v) is 9.35. The summed E-state index contributed by atoms with van der Waals surface area (Å²) in [6, 6.07) is 6.70. The minimum atomic E-state index is -1.14. The molecule has 1 aromatic carbocycles. The maximum Gasteiger partial charge on any atom is 0.326 e. The van der Waals surface area contributed by atoms with Gasteiger partial charge >= 0.3 is 12.0 Å². The van der Waals surface area contributed by atoms with Gasteiger partial charge in [0, 0.05) is 18.3 Å². The molecule has 0 saturated carbocycles. The summed E-state index contributed by atoms with van der Waals surface area (Å²) in [6.45, 7) is 3.59. The molecular formula is C18H28N4O4S. The van der Waals surface area contributed by atoms with E-state index < -0.39 is 30.0 Å². The summed E-state index contributed by atoms with van der Waals surface area (Å²) in [5.41, 5.74) is 7.10. The number of carboxylic acid groups (broad SMARTS) is 1. The summed E-state index contributed by atoms with van der Waals surface area (Å²) < 4.78 is 0. The van der Waals surface area contributed by atoms with E-state index in [2.05, 4.69) is 28.6 Å². The Hall–Kier alpha value is -2.26. The second-order valence-electron chi connectivity index (χ2n) is 6.61. The monoisotopic (exact) mass is 396 g/mol. The third-order valence-electron chi connectivity index (χ3n) is 3.90. The van der Waals surface area contributed by atoms with Crippen molar-refractivity contribution in [2.24, 2.45) is 11.7 Å². The molecule has 1 rings (SSSR count). The Morgan fingerprint density at radius 1 is 1.15 bits per heavy atom. The van der Waals surface area contributed by atoms with Crippen LogP contribution in [0.3, 0.4) is 0 Å². The van der Waals surface area contributed by atoms with Gasteiger partial charge in [-0.3, -0.25) is 4.79 Å². The highest BCUT2D eigenvalue weighted by Gasteiger charge is 2.26. The number of hydrogen-bond donors (Lipinski definition) is 6. The fraction of sp³-hybridized carbons (Fsp3) is 0.500. The molecule has 0 aliphatic rings. The Kier molecular flexibility index (Phi) is 9.66. The topological polar surface area (TPSA) is 134 Å². The van der Waals surface area contributed by atoms with Crippen LogP contribution in [0, 0.1) is 5.92 Å². The van der Waals surface area contributed by atoms with Gasteiger partial charge in [0.15, 0.2) is 0 Å². The van der Waals surface area contributed by atoms with E-state index >= 15 is 0 Å². The molecule has 27 heavy (non-hydrogen) atoms. The summed E-state index contributed by atoms with van der Waals surface area (Å²) >= 11 is 4.08. The van der Waals surface area contributed by atoms with Gasteiger partial charge in [0.05, 0.1) is 0 Å². The number of benzene rings is 1. The van der Waals surface area contributed by atoms with Gasteiger partial charge in [0.25, 0.3) is 0 Å². The fourth-order valence-electron chi connectivity index (χ4n) is 2.39. The lowest BCUT2D eigenvalue weighted by atomic mass is 10.1. The molecule has 0 radical (unpaired) electrons. The molecule has 0 heterocycles. The van der Waals surface area contributed by atoms with E-state index in [4.69, 9.17) is 10.8 Å². The SMILES string of the molecule is CC(C)[C@H](NC(=O)N[C@@H](CS)C(=O)NC[C@H](N)Cc1ccccc1)C(=O)O. The highest BCUT2D eigenvalue weighted by Crippen LogP contribution is 2.03. The van der Waals surface area contributed by atoms with E-state index in [0.29, 0.717) is 6.42 Å². The number of thiol groups is 1. The molecule has 1 aromatic rings. The van der Waals surface area contributed by atoms with Crippen LogP contribution in [0.5, 0.6) is 0 Å². The number of amides is 3. The lowest BCUT2D eigenvalue weighted by Gasteiger charge is -2.22. The lowest BCUT2D eigenvalue weighted by molar-refractivity contribution is -0.140. The molecule has 3 atom stereocenters. The molecular weight excluding hydrogens is 368 g/mol. The van der Waals surface area contributed by atoms with Gasteiger partial charge in [0.2, 0.25) is 5.91 Å². The van der Waals surface area contributed by atoms with E-state index in [1.807, 2.05) is 30.3 Å². The van der Waals surface area contributed by atoms with Crippen LogP contribution in [-0.4, -0.2) is 53.4 Å². The predicted octanol–water partition coefficient (Wildman–Crippen LogP) is 0.379. The molecule has 0 aliphatic heterocycles. The number of hydrogen-bond acceptors (Lipinski definition) is 5. The highest BCUT2D eigenvalue weighted by molar-refractivity contribution is 7.80. The lowest BCUT2D eigenvalue weighted by Crippen LogP contribution is -2.56. The number of aliphatic carboxylic acids is 1. The maximum atomic E-state index is 12.2. The smallest absolute Gasteiger partial charge is 0.326 e. The number of carbonyl (C=O) groups excluding carboxylic acids is 2.